The van der Waals surface area contributed by atoms with E-state index >= 15 is 0 Å². The van der Waals surface area contributed by atoms with E-state index in [0.29, 0.717) is 12.1 Å². The maximum Gasteiger partial charge on any atom is 0.166 e. The summed E-state index contributed by atoms with van der Waals surface area (Å²) in [6.45, 7) is 2.30. The number of aliphatic hydroxyl groups is 1. The fraction of sp³-hybridized carbons (Fsp3) is 0.409. The summed E-state index contributed by atoms with van der Waals surface area (Å²) >= 11 is 0. The van der Waals surface area contributed by atoms with Gasteiger partial charge in [-0.25, -0.2) is 4.39 Å². The molecule has 1 fully saturated rings. The van der Waals surface area contributed by atoms with Crippen LogP contribution >= 0.6 is 0 Å². The molecule has 0 amide bonds. The molecule has 0 aliphatic carbocycles. The van der Waals surface area contributed by atoms with Crippen molar-refractivity contribution in [3.8, 4) is 0 Å². The molecule has 1 saturated heterocycles. The van der Waals surface area contributed by atoms with Crippen LogP contribution in [0.2, 0.25) is 0 Å². The number of hydrogen-bond donors (Lipinski definition) is 1. The normalized spacial score (nSPS) is 17.2. The summed E-state index contributed by atoms with van der Waals surface area (Å²) in [5.74, 6) is -0.215. The number of hydrogen-bond acceptors (Lipinski definition) is 3. The van der Waals surface area contributed by atoms with Crippen LogP contribution < -0.4 is 0 Å². The van der Waals surface area contributed by atoms with E-state index in [4.69, 9.17) is 0 Å². The lowest BCUT2D eigenvalue weighted by molar-refractivity contribution is 0.0708. The number of halogens is 1. The first-order valence-corrected chi connectivity index (χ1v) is 9.36. The Morgan fingerprint density at radius 1 is 1.08 bits per heavy atom. The molecule has 1 aliphatic heterocycles. The molecule has 0 radical (unpaired) electrons. The van der Waals surface area contributed by atoms with E-state index in [2.05, 4.69) is 17.0 Å². The molecule has 2 aromatic carbocycles. The molecule has 1 unspecified atom stereocenters. The molecule has 1 N–H and O–H groups in total. The number of aliphatic hydroxyl groups excluding tert-OH is 1. The van der Waals surface area contributed by atoms with Crippen LogP contribution in [0.4, 0.5) is 4.39 Å². The van der Waals surface area contributed by atoms with Crippen LogP contribution in [-0.2, 0) is 6.42 Å². The molecule has 1 atom stereocenters. The highest BCUT2D eigenvalue weighted by molar-refractivity contribution is 5.97. The van der Waals surface area contributed by atoms with Gasteiger partial charge in [-0.1, -0.05) is 30.3 Å². The van der Waals surface area contributed by atoms with Gasteiger partial charge in [0.05, 0.1) is 6.10 Å². The summed E-state index contributed by atoms with van der Waals surface area (Å²) in [6, 6.07) is 16.0. The number of ketones is 1. The summed E-state index contributed by atoms with van der Waals surface area (Å²) in [5, 5.41) is 10.3. The molecule has 3 rings (SSSR count). The summed E-state index contributed by atoms with van der Waals surface area (Å²) in [7, 11) is 0. The van der Waals surface area contributed by atoms with Gasteiger partial charge < -0.3 is 10.0 Å². The van der Waals surface area contributed by atoms with E-state index in [9.17, 15) is 14.3 Å². The Hall–Kier alpha value is -2.04. The minimum Gasteiger partial charge on any atom is -0.392 e. The van der Waals surface area contributed by atoms with Crippen LogP contribution in [0.15, 0.2) is 54.6 Å². The third-order valence-corrected chi connectivity index (χ3v) is 5.17. The summed E-state index contributed by atoms with van der Waals surface area (Å²) in [6.07, 6.45) is 2.86. The Bertz CT molecular complexity index is 694. The maximum atomic E-state index is 13.0. The molecule has 138 valence electrons. The largest absolute Gasteiger partial charge is 0.392 e. The molecule has 2 aromatic rings. The van der Waals surface area contributed by atoms with Gasteiger partial charge in [0.15, 0.2) is 5.78 Å². The zero-order valence-electron chi connectivity index (χ0n) is 15.0. The van der Waals surface area contributed by atoms with Gasteiger partial charge >= 0.3 is 0 Å². The second kappa shape index (κ2) is 9.06. The van der Waals surface area contributed by atoms with E-state index < -0.39 is 0 Å². The van der Waals surface area contributed by atoms with Crippen LogP contribution in [-0.4, -0.2) is 41.5 Å². The van der Waals surface area contributed by atoms with Crippen molar-refractivity contribution in [2.75, 3.05) is 19.6 Å². The number of benzene rings is 2. The fourth-order valence-electron chi connectivity index (χ4n) is 3.59. The number of piperidine rings is 1. The predicted molar refractivity (Wildman–Crippen MR) is 101 cm³/mol. The fourth-order valence-corrected chi connectivity index (χ4v) is 3.59. The molecular weight excluding hydrogens is 329 g/mol. The molecular formula is C22H26FNO2. The average Bonchev–Trinajstić information content (AvgIpc) is 2.68. The van der Waals surface area contributed by atoms with Crippen LogP contribution in [0, 0.1) is 11.7 Å². The van der Waals surface area contributed by atoms with Gasteiger partial charge in [0.1, 0.15) is 5.82 Å². The van der Waals surface area contributed by atoms with Crippen molar-refractivity contribution in [2.45, 2.75) is 31.8 Å². The highest BCUT2D eigenvalue weighted by Gasteiger charge is 2.26. The lowest BCUT2D eigenvalue weighted by Crippen LogP contribution is -2.40. The second-order valence-electron chi connectivity index (χ2n) is 7.12. The number of rotatable bonds is 7. The molecule has 1 heterocycles. The standard InChI is InChI=1S/C22H26FNO2/c23-20-9-7-18(8-10-20)22(26)19-12-14-24(15-13-19)16-21(25)11-6-17-4-2-1-3-5-17/h1-5,7-10,19,21,25H,6,11-16H2. The minimum absolute atomic E-state index is 0.00169. The Kier molecular flexibility index (Phi) is 6.53. The first kappa shape index (κ1) is 18.7. The molecule has 0 bridgehead atoms. The molecule has 0 aromatic heterocycles. The monoisotopic (exact) mass is 355 g/mol. The molecule has 26 heavy (non-hydrogen) atoms. The molecule has 1 aliphatic rings. The first-order chi connectivity index (χ1) is 12.6. The number of Topliss-reactive ketones (excluding diaryl/α,β-unsaturated/α-hetero) is 1. The molecule has 0 saturated carbocycles. The Morgan fingerprint density at radius 2 is 1.73 bits per heavy atom. The van der Waals surface area contributed by atoms with Gasteiger partial charge in [-0.15, -0.1) is 0 Å². The van der Waals surface area contributed by atoms with Crippen molar-refractivity contribution in [1.82, 2.24) is 4.90 Å². The Morgan fingerprint density at radius 3 is 2.38 bits per heavy atom. The van der Waals surface area contributed by atoms with E-state index in [-0.39, 0.29) is 23.6 Å². The lowest BCUT2D eigenvalue weighted by atomic mass is 9.88. The average molecular weight is 355 g/mol. The lowest BCUT2D eigenvalue weighted by Gasteiger charge is -2.32. The van der Waals surface area contributed by atoms with E-state index in [1.165, 1.54) is 17.7 Å². The van der Waals surface area contributed by atoms with Crippen LogP contribution in [0.1, 0.15) is 35.2 Å². The minimum atomic E-state index is -0.348. The summed E-state index contributed by atoms with van der Waals surface area (Å²) in [5.41, 5.74) is 1.84. The van der Waals surface area contributed by atoms with E-state index in [0.717, 1.165) is 38.8 Å². The van der Waals surface area contributed by atoms with Crippen LogP contribution in [0.3, 0.4) is 0 Å². The van der Waals surface area contributed by atoms with Crippen molar-refractivity contribution in [3.05, 3.63) is 71.5 Å². The van der Waals surface area contributed by atoms with Crippen molar-refractivity contribution in [2.24, 2.45) is 5.92 Å². The van der Waals surface area contributed by atoms with Gasteiger partial charge in [0.2, 0.25) is 0 Å². The van der Waals surface area contributed by atoms with Gasteiger partial charge in [0, 0.05) is 18.0 Å². The smallest absolute Gasteiger partial charge is 0.166 e. The van der Waals surface area contributed by atoms with Gasteiger partial charge in [-0.3, -0.25) is 4.79 Å². The third-order valence-electron chi connectivity index (χ3n) is 5.17. The van der Waals surface area contributed by atoms with Gasteiger partial charge in [0.25, 0.3) is 0 Å². The highest BCUT2D eigenvalue weighted by Crippen LogP contribution is 2.22. The van der Waals surface area contributed by atoms with Gasteiger partial charge in [-0.05, 0) is 68.6 Å². The summed E-state index contributed by atoms with van der Waals surface area (Å²) < 4.78 is 13.0. The number of likely N-dealkylation sites (tertiary alicyclic amines) is 1. The van der Waals surface area contributed by atoms with Crippen molar-refractivity contribution in [1.29, 1.82) is 0 Å². The molecule has 0 spiro atoms. The number of aryl methyl sites for hydroxylation is 1. The number of carbonyl (C=O) groups is 1. The van der Waals surface area contributed by atoms with E-state index in [1.807, 2.05) is 18.2 Å². The number of β-amino-alcohol motifs (C(OH)–C–C–N with tert-alkyl or cyclic N) is 1. The topological polar surface area (TPSA) is 40.5 Å². The third kappa shape index (κ3) is 5.23. The summed E-state index contributed by atoms with van der Waals surface area (Å²) in [4.78, 5) is 14.7. The van der Waals surface area contributed by atoms with E-state index in [1.54, 1.807) is 12.1 Å². The van der Waals surface area contributed by atoms with Crippen LogP contribution in [0.25, 0.3) is 0 Å². The zero-order chi connectivity index (χ0) is 18.4. The Balaban J connectivity index is 1.41. The maximum absolute atomic E-state index is 13.0. The number of nitrogens with zero attached hydrogens (tertiary/aromatic N) is 1. The molecule has 4 heteroatoms. The SMILES string of the molecule is O=C(c1ccc(F)cc1)C1CCN(CC(O)CCc2ccccc2)CC1. The van der Waals surface area contributed by atoms with Crippen molar-refractivity contribution in [3.63, 3.8) is 0 Å². The van der Waals surface area contributed by atoms with Crippen molar-refractivity contribution < 1.29 is 14.3 Å². The molecule has 3 nitrogen and oxygen atoms in total. The number of carbonyl (C=O) groups excluding carboxylic acids is 1. The highest BCUT2D eigenvalue weighted by atomic mass is 19.1. The van der Waals surface area contributed by atoms with Gasteiger partial charge in [-0.2, -0.15) is 0 Å². The first-order valence-electron chi connectivity index (χ1n) is 9.36. The van der Waals surface area contributed by atoms with Crippen LogP contribution in [0.5, 0.6) is 0 Å². The zero-order valence-corrected chi connectivity index (χ0v) is 15.0. The quantitative estimate of drug-likeness (QED) is 0.770. The Labute approximate surface area is 154 Å². The predicted octanol–water partition coefficient (Wildman–Crippen LogP) is 3.71. The second-order valence-corrected chi connectivity index (χ2v) is 7.12. The van der Waals surface area contributed by atoms with Crippen molar-refractivity contribution >= 4 is 5.78 Å².